The summed E-state index contributed by atoms with van der Waals surface area (Å²) in [6, 6.07) is -1.46. The second-order valence-corrected chi connectivity index (χ2v) is 1.50. The number of rotatable bonds is 3. The van der Waals surface area contributed by atoms with E-state index in [2.05, 4.69) is 0 Å². The summed E-state index contributed by atoms with van der Waals surface area (Å²) in [5.41, 5.74) is 4.73. The van der Waals surface area contributed by atoms with Crippen LogP contribution in [0.15, 0.2) is 0 Å². The normalized spacial score (nSPS) is 10.3. The Bertz CT molecular complexity index is 142. The first-order chi connectivity index (χ1) is 4.04. The van der Waals surface area contributed by atoms with E-state index in [0.717, 1.165) is 0 Å². The summed E-state index contributed by atoms with van der Waals surface area (Å²) >= 11 is 0. The molecule has 0 aliphatic carbocycles. The molecule has 7 heteroatoms. The van der Waals surface area contributed by atoms with E-state index in [9.17, 15) is 19.8 Å². The number of nitrogens with two attached hydrogens (primary N) is 1. The molecule has 0 rings (SSSR count). The first kappa shape index (κ1) is 17.7. The zero-order valence-electron chi connectivity index (χ0n) is 5.61. The van der Waals surface area contributed by atoms with Gasteiger partial charge in [0.05, 0.1) is 5.97 Å². The van der Waals surface area contributed by atoms with Crippen molar-refractivity contribution in [3.63, 3.8) is 0 Å². The van der Waals surface area contributed by atoms with E-state index in [0.29, 0.717) is 0 Å². The zero-order valence-corrected chi connectivity index (χ0v) is 10.9. The summed E-state index contributed by atoms with van der Waals surface area (Å²) in [6.07, 6.45) is -0.706. The molecule has 0 saturated heterocycles. The molecule has 0 spiro atoms. The van der Waals surface area contributed by atoms with Crippen LogP contribution in [0, 0.1) is 0 Å². The third kappa shape index (κ3) is 10.8. The third-order valence-corrected chi connectivity index (χ3v) is 0.689. The molecule has 11 heavy (non-hydrogen) atoms. The molecule has 0 aliphatic rings. The number of carbonyl (C=O) groups excluding carboxylic acids is 2. The number of hydrogen-bond donors (Lipinski definition) is 1. The van der Waals surface area contributed by atoms with Crippen LogP contribution in [0.5, 0.6) is 0 Å². The van der Waals surface area contributed by atoms with Crippen molar-refractivity contribution in [1.29, 1.82) is 0 Å². The number of carbonyl (C=O) groups is 2. The van der Waals surface area contributed by atoms with Crippen LogP contribution in [-0.4, -0.2) is 66.9 Å². The standard InChI is InChI=1S/C4H7NO4.Ba.ClH/c5-2(4(8)9)1-3(6)7;;/h2H,1,5H2,(H,6,7)(H,8,9);;1H/q;+2;/p-2/t2-;;/m1../s1. The van der Waals surface area contributed by atoms with Crippen LogP contribution < -0.4 is 15.9 Å². The van der Waals surface area contributed by atoms with Crippen LogP contribution in [0.4, 0.5) is 0 Å². The van der Waals surface area contributed by atoms with Gasteiger partial charge in [0.25, 0.3) is 0 Å². The summed E-state index contributed by atoms with van der Waals surface area (Å²) in [7, 11) is 0. The van der Waals surface area contributed by atoms with Gasteiger partial charge in [0.2, 0.25) is 0 Å². The molecule has 0 saturated carbocycles. The van der Waals surface area contributed by atoms with Crippen LogP contribution in [0.3, 0.4) is 0 Å². The number of aliphatic carboxylic acids is 2. The van der Waals surface area contributed by atoms with E-state index < -0.39 is 24.4 Å². The molecule has 0 radical (unpaired) electrons. The van der Waals surface area contributed by atoms with Gasteiger partial charge in [0.15, 0.2) is 0 Å². The predicted molar refractivity (Wildman–Crippen MR) is 35.6 cm³/mol. The summed E-state index contributed by atoms with van der Waals surface area (Å²) in [5, 5.41) is 19.3. The van der Waals surface area contributed by atoms with E-state index in [-0.39, 0.29) is 61.3 Å². The van der Waals surface area contributed by atoms with Crippen LogP contribution in [0.25, 0.3) is 0 Å². The van der Waals surface area contributed by atoms with Gasteiger partial charge in [-0.05, 0) is 0 Å². The number of hydrogen-bond acceptors (Lipinski definition) is 5. The topological polar surface area (TPSA) is 106 Å². The van der Waals surface area contributed by atoms with E-state index in [4.69, 9.17) is 5.73 Å². The maximum Gasteiger partial charge on any atom is 2.00 e. The molecule has 0 aromatic carbocycles. The van der Waals surface area contributed by atoms with Gasteiger partial charge in [0, 0.05) is 18.4 Å². The fraction of sp³-hybridized carbons (Fsp3) is 0.500. The number of carboxylic acid groups (broad SMARTS) is 2. The van der Waals surface area contributed by atoms with Gasteiger partial charge in [-0.15, -0.1) is 12.4 Å². The van der Waals surface area contributed by atoms with Crippen LogP contribution in [0.1, 0.15) is 6.42 Å². The Kier molecular flexibility index (Phi) is 14.3. The SMILES string of the molecule is Cl.N[C@H](CC(=O)[O-])C(=O)[O-].[Ba+2]. The van der Waals surface area contributed by atoms with Crippen LogP contribution in [-0.2, 0) is 9.59 Å². The summed E-state index contributed by atoms with van der Waals surface area (Å²) in [4.78, 5) is 19.3. The second kappa shape index (κ2) is 8.85. The molecule has 0 aromatic heterocycles. The van der Waals surface area contributed by atoms with Gasteiger partial charge in [-0.1, -0.05) is 0 Å². The number of halogens is 1. The minimum atomic E-state index is -1.58. The van der Waals surface area contributed by atoms with E-state index in [1.807, 2.05) is 0 Å². The summed E-state index contributed by atoms with van der Waals surface area (Å²) < 4.78 is 0. The van der Waals surface area contributed by atoms with Crippen molar-refractivity contribution in [2.24, 2.45) is 5.73 Å². The quantitative estimate of drug-likeness (QED) is 0.539. The van der Waals surface area contributed by atoms with Gasteiger partial charge in [-0.3, -0.25) is 0 Å². The third-order valence-electron chi connectivity index (χ3n) is 0.689. The van der Waals surface area contributed by atoms with E-state index in [1.165, 1.54) is 0 Å². The average Bonchev–Trinajstić information content (AvgIpc) is 1.63. The Labute approximate surface area is 110 Å². The second-order valence-electron chi connectivity index (χ2n) is 1.50. The molecule has 0 unspecified atom stereocenters. The average molecular weight is 305 g/mol. The van der Waals surface area contributed by atoms with Crippen molar-refractivity contribution in [1.82, 2.24) is 0 Å². The maximum absolute atomic E-state index is 9.71. The predicted octanol–water partition coefficient (Wildman–Crippen LogP) is -3.76. The van der Waals surface area contributed by atoms with Gasteiger partial charge in [0.1, 0.15) is 0 Å². The Hall–Kier alpha value is 0.761. The first-order valence-corrected chi connectivity index (χ1v) is 2.20. The number of carboxylic acids is 2. The Morgan fingerprint density at radius 2 is 1.73 bits per heavy atom. The molecule has 5 nitrogen and oxygen atoms in total. The smallest absolute Gasteiger partial charge is 0.550 e. The van der Waals surface area contributed by atoms with Crippen molar-refractivity contribution in [3.8, 4) is 0 Å². The fourth-order valence-corrected chi connectivity index (χ4v) is 0.263. The van der Waals surface area contributed by atoms with E-state index >= 15 is 0 Å². The monoisotopic (exact) mass is 305 g/mol. The first-order valence-electron chi connectivity index (χ1n) is 2.20. The maximum atomic E-state index is 9.71. The van der Waals surface area contributed by atoms with Crippen LogP contribution >= 0.6 is 12.4 Å². The summed E-state index contributed by atoms with van der Waals surface area (Å²) in [5.74, 6) is -3.08. The van der Waals surface area contributed by atoms with Gasteiger partial charge >= 0.3 is 48.9 Å². The Morgan fingerprint density at radius 1 is 1.36 bits per heavy atom. The summed E-state index contributed by atoms with van der Waals surface area (Å²) in [6.45, 7) is 0. The molecule has 0 heterocycles. The molecule has 0 aromatic rings. The minimum Gasteiger partial charge on any atom is -0.550 e. The minimum absolute atomic E-state index is 0. The molecular formula is C4H6BaClNO4. The molecule has 60 valence electrons. The molecular weight excluding hydrogens is 299 g/mol. The van der Waals surface area contributed by atoms with Gasteiger partial charge < -0.3 is 25.5 Å². The van der Waals surface area contributed by atoms with Crippen molar-refractivity contribution >= 4 is 73.2 Å². The molecule has 1 atom stereocenters. The van der Waals surface area contributed by atoms with Crippen molar-refractivity contribution < 1.29 is 19.8 Å². The van der Waals surface area contributed by atoms with Gasteiger partial charge in [-0.2, -0.15) is 0 Å². The molecule has 2 N–H and O–H groups in total. The Morgan fingerprint density at radius 3 is 1.82 bits per heavy atom. The zero-order chi connectivity index (χ0) is 7.44. The molecule has 0 amide bonds. The van der Waals surface area contributed by atoms with Crippen molar-refractivity contribution in [2.45, 2.75) is 12.5 Å². The molecule has 0 aliphatic heterocycles. The van der Waals surface area contributed by atoms with Crippen molar-refractivity contribution in [2.75, 3.05) is 0 Å². The molecule has 0 fully saturated rings. The largest absolute Gasteiger partial charge is 2.00 e. The van der Waals surface area contributed by atoms with E-state index in [1.54, 1.807) is 0 Å². The molecule has 0 bridgehead atoms. The van der Waals surface area contributed by atoms with Gasteiger partial charge in [-0.25, -0.2) is 0 Å². The van der Waals surface area contributed by atoms with Crippen molar-refractivity contribution in [3.05, 3.63) is 0 Å². The van der Waals surface area contributed by atoms with Crippen LogP contribution in [0.2, 0.25) is 0 Å². The Balaban J connectivity index is -0.000000320. The fourth-order valence-electron chi connectivity index (χ4n) is 0.263.